The van der Waals surface area contributed by atoms with E-state index in [9.17, 15) is 19.8 Å². The Morgan fingerprint density at radius 2 is 1.84 bits per heavy atom. The van der Waals surface area contributed by atoms with E-state index in [1.54, 1.807) is 13.0 Å². The third kappa shape index (κ3) is 6.84. The van der Waals surface area contributed by atoms with E-state index in [4.69, 9.17) is 0 Å². The van der Waals surface area contributed by atoms with Gasteiger partial charge < -0.3 is 15.5 Å². The molecule has 5 heteroatoms. The molecule has 0 saturated heterocycles. The van der Waals surface area contributed by atoms with Crippen LogP contribution < -0.4 is 5.32 Å². The molecule has 0 aliphatic heterocycles. The summed E-state index contributed by atoms with van der Waals surface area (Å²) >= 11 is 0. The molecule has 2 rings (SSSR count). The van der Waals surface area contributed by atoms with Gasteiger partial charge in [-0.2, -0.15) is 0 Å². The Balaban J connectivity index is 2.05. The maximum absolute atomic E-state index is 12.3. The first-order valence-corrected chi connectivity index (χ1v) is 10.8. The van der Waals surface area contributed by atoms with Crippen LogP contribution in [0.4, 0.5) is 5.69 Å². The molecule has 0 aromatic heterocycles. The van der Waals surface area contributed by atoms with Crippen LogP contribution in [0.25, 0.3) is 0 Å². The first-order valence-electron chi connectivity index (χ1n) is 10.8. The van der Waals surface area contributed by atoms with Crippen LogP contribution in [-0.4, -0.2) is 22.1 Å². The number of hydrogen-bond acceptors (Lipinski definition) is 3. The van der Waals surface area contributed by atoms with E-state index in [0.717, 1.165) is 12.0 Å². The number of amides is 1. The third-order valence-corrected chi connectivity index (χ3v) is 5.65. The van der Waals surface area contributed by atoms with E-state index in [2.05, 4.69) is 38.2 Å². The predicted octanol–water partition coefficient (Wildman–Crippen LogP) is 6.56. The van der Waals surface area contributed by atoms with Crippen LogP contribution in [0.2, 0.25) is 0 Å². The summed E-state index contributed by atoms with van der Waals surface area (Å²) in [5.41, 5.74) is 4.58. The molecule has 0 spiro atoms. The minimum atomic E-state index is -1.23. The van der Waals surface area contributed by atoms with Crippen molar-refractivity contribution in [3.8, 4) is 5.75 Å². The number of para-hydroxylation sites is 1. The van der Waals surface area contributed by atoms with E-state index in [-0.39, 0.29) is 22.4 Å². The minimum absolute atomic E-state index is 0.117. The molecule has 0 fully saturated rings. The van der Waals surface area contributed by atoms with Crippen LogP contribution in [0.5, 0.6) is 5.75 Å². The molecule has 170 valence electrons. The summed E-state index contributed by atoms with van der Waals surface area (Å²) in [6.45, 7) is 10.6. The highest BCUT2D eigenvalue weighted by atomic mass is 16.4. The maximum atomic E-state index is 12.3. The fourth-order valence-corrected chi connectivity index (χ4v) is 3.90. The third-order valence-electron chi connectivity index (χ3n) is 5.65. The smallest absolute Gasteiger partial charge is 0.337 e. The van der Waals surface area contributed by atoms with Gasteiger partial charge >= 0.3 is 5.97 Å². The zero-order valence-corrected chi connectivity index (χ0v) is 19.5. The first kappa shape index (κ1) is 24.9. The van der Waals surface area contributed by atoms with E-state index in [1.807, 2.05) is 19.1 Å². The number of allylic oxidation sites excluding steroid dienone is 9. The van der Waals surface area contributed by atoms with Gasteiger partial charge in [-0.1, -0.05) is 61.4 Å². The summed E-state index contributed by atoms with van der Waals surface area (Å²) in [5, 5.41) is 21.6. The zero-order chi connectivity index (χ0) is 23.9. The number of nitrogens with one attached hydrogen (secondary N) is 1. The number of rotatable bonds is 7. The number of hydrogen-bond donors (Lipinski definition) is 3. The van der Waals surface area contributed by atoms with Gasteiger partial charge in [0.15, 0.2) is 0 Å². The molecule has 3 N–H and O–H groups in total. The molecular weight excluding hydrogens is 402 g/mol. The van der Waals surface area contributed by atoms with E-state index in [0.29, 0.717) is 5.57 Å². The minimum Gasteiger partial charge on any atom is -0.506 e. The van der Waals surface area contributed by atoms with Gasteiger partial charge in [0.1, 0.15) is 5.75 Å². The second kappa shape index (κ2) is 10.8. The molecule has 5 nitrogen and oxygen atoms in total. The van der Waals surface area contributed by atoms with Crippen LogP contribution in [0.3, 0.4) is 0 Å². The Labute approximate surface area is 190 Å². The monoisotopic (exact) mass is 435 g/mol. The lowest BCUT2D eigenvalue weighted by Crippen LogP contribution is -2.19. The van der Waals surface area contributed by atoms with Gasteiger partial charge in [0.2, 0.25) is 5.91 Å². The normalized spacial score (nSPS) is 17.3. The molecule has 0 saturated carbocycles. The van der Waals surface area contributed by atoms with Crippen molar-refractivity contribution >= 4 is 17.6 Å². The second-order valence-electron chi connectivity index (χ2n) is 8.92. The van der Waals surface area contributed by atoms with E-state index in [1.165, 1.54) is 48.3 Å². The summed E-state index contributed by atoms with van der Waals surface area (Å²) < 4.78 is 0. The number of carbonyl (C=O) groups excluding carboxylic acids is 1. The fourth-order valence-electron chi connectivity index (χ4n) is 3.90. The highest BCUT2D eigenvalue weighted by molar-refractivity contribution is 6.06. The number of aromatic hydroxyl groups is 1. The molecule has 0 radical (unpaired) electrons. The Morgan fingerprint density at radius 3 is 2.50 bits per heavy atom. The zero-order valence-electron chi connectivity index (χ0n) is 19.5. The number of aromatic carboxylic acids is 1. The van der Waals surface area contributed by atoms with Gasteiger partial charge in [-0.15, -0.1) is 0 Å². The topological polar surface area (TPSA) is 86.6 Å². The van der Waals surface area contributed by atoms with Crippen LogP contribution in [0.1, 0.15) is 64.2 Å². The van der Waals surface area contributed by atoms with Crippen molar-refractivity contribution in [2.24, 2.45) is 5.41 Å². The molecule has 0 unspecified atom stereocenters. The molecule has 1 aromatic rings. The van der Waals surface area contributed by atoms with Gasteiger partial charge in [0, 0.05) is 6.08 Å². The van der Waals surface area contributed by atoms with Gasteiger partial charge in [-0.3, -0.25) is 4.79 Å². The van der Waals surface area contributed by atoms with Gasteiger partial charge in [-0.25, -0.2) is 4.79 Å². The van der Waals surface area contributed by atoms with Crippen molar-refractivity contribution in [3.05, 3.63) is 82.5 Å². The van der Waals surface area contributed by atoms with Crippen molar-refractivity contribution in [1.82, 2.24) is 0 Å². The lowest BCUT2D eigenvalue weighted by atomic mass is 9.72. The number of phenolic OH excluding ortho intramolecular Hbond substituents is 1. The molecule has 0 atom stereocenters. The number of carboxylic acid groups (broad SMARTS) is 1. The number of phenols is 1. The van der Waals surface area contributed by atoms with Gasteiger partial charge in [0.05, 0.1) is 11.3 Å². The molecule has 0 heterocycles. The predicted molar refractivity (Wildman–Crippen MR) is 130 cm³/mol. The average molecular weight is 436 g/mol. The second-order valence-corrected chi connectivity index (χ2v) is 8.92. The Morgan fingerprint density at radius 1 is 1.12 bits per heavy atom. The van der Waals surface area contributed by atoms with E-state index >= 15 is 0 Å². The Hall–Kier alpha value is -3.34. The van der Waals surface area contributed by atoms with Crippen LogP contribution in [0, 0.1) is 5.41 Å². The number of benzene rings is 1. The van der Waals surface area contributed by atoms with Crippen LogP contribution in [-0.2, 0) is 4.79 Å². The summed E-state index contributed by atoms with van der Waals surface area (Å²) in [6.07, 6.45) is 14.9. The maximum Gasteiger partial charge on any atom is 0.337 e. The van der Waals surface area contributed by atoms with Crippen molar-refractivity contribution in [2.45, 2.75) is 53.9 Å². The molecule has 1 aliphatic rings. The van der Waals surface area contributed by atoms with Crippen LogP contribution >= 0.6 is 0 Å². The molecule has 1 aliphatic carbocycles. The summed E-state index contributed by atoms with van der Waals surface area (Å²) in [5.74, 6) is -2.04. The molecule has 1 aromatic carbocycles. The highest BCUT2D eigenvalue weighted by Crippen LogP contribution is 2.40. The number of anilines is 1. The highest BCUT2D eigenvalue weighted by Gasteiger charge is 2.26. The van der Waals surface area contributed by atoms with Crippen LogP contribution in [0.15, 0.2) is 76.9 Å². The van der Waals surface area contributed by atoms with E-state index < -0.39 is 11.9 Å². The van der Waals surface area contributed by atoms with Crippen molar-refractivity contribution in [2.75, 3.05) is 5.32 Å². The van der Waals surface area contributed by atoms with Crippen molar-refractivity contribution in [1.29, 1.82) is 0 Å². The largest absolute Gasteiger partial charge is 0.506 e. The Bertz CT molecular complexity index is 1040. The summed E-state index contributed by atoms with van der Waals surface area (Å²) in [7, 11) is 0. The lowest BCUT2D eigenvalue weighted by molar-refractivity contribution is -0.112. The summed E-state index contributed by atoms with van der Waals surface area (Å²) in [6, 6.07) is 4.06. The van der Waals surface area contributed by atoms with Crippen molar-refractivity contribution < 1.29 is 19.8 Å². The Kier molecular flexibility index (Phi) is 8.41. The lowest BCUT2D eigenvalue weighted by Gasteiger charge is -2.32. The quantitative estimate of drug-likeness (QED) is 0.257. The molecule has 0 bridgehead atoms. The molecular formula is C27H33NO4. The SMILES string of the molecule is CC(C=CC1=C(C)CCCC1(C)C)=CC=CC(C)=CC(=O)Nc1c(O)cccc1C(=O)O. The number of carbonyl (C=O) groups is 2. The fraction of sp³-hybridized carbons (Fsp3) is 0.333. The molecule has 1 amide bonds. The summed E-state index contributed by atoms with van der Waals surface area (Å²) in [4.78, 5) is 23.5. The van der Waals surface area contributed by atoms with Gasteiger partial charge in [0.25, 0.3) is 0 Å². The average Bonchev–Trinajstić information content (AvgIpc) is 2.68. The standard InChI is InChI=1S/C27H33NO4/c1-18(14-15-22-20(3)11-8-16-27(22,4)5)9-6-10-19(2)17-24(30)28-25-21(26(31)32)12-7-13-23(25)29/h6-7,9-10,12-15,17,29H,8,11,16H2,1-5H3,(H,28,30)(H,31,32). The number of carboxylic acids is 1. The molecule has 32 heavy (non-hydrogen) atoms. The van der Waals surface area contributed by atoms with Gasteiger partial charge in [-0.05, 0) is 68.7 Å². The first-order chi connectivity index (χ1) is 15.0. The van der Waals surface area contributed by atoms with Crippen molar-refractivity contribution in [3.63, 3.8) is 0 Å².